The van der Waals surface area contributed by atoms with Gasteiger partial charge in [0.1, 0.15) is 14.7 Å². The molecule has 4 heterocycles. The van der Waals surface area contributed by atoms with Gasteiger partial charge in [-0.2, -0.15) is 4.31 Å². The van der Waals surface area contributed by atoms with Crippen molar-refractivity contribution >= 4 is 54.2 Å². The van der Waals surface area contributed by atoms with Gasteiger partial charge in [0.05, 0.1) is 17.4 Å². The first-order valence-electron chi connectivity index (χ1n) is 12.2. The van der Waals surface area contributed by atoms with Crippen LogP contribution < -0.4 is 15.5 Å². The third kappa shape index (κ3) is 5.53. The lowest BCUT2D eigenvalue weighted by molar-refractivity contribution is 0.0701. The lowest BCUT2D eigenvalue weighted by Crippen LogP contribution is -2.50. The van der Waals surface area contributed by atoms with Crippen molar-refractivity contribution in [2.24, 2.45) is 0 Å². The molecule has 0 atom stereocenters. The molecule has 1 saturated heterocycles. The Labute approximate surface area is 220 Å². The molecule has 198 valence electrons. The van der Waals surface area contributed by atoms with E-state index in [4.69, 9.17) is 0 Å². The van der Waals surface area contributed by atoms with E-state index in [1.807, 2.05) is 25.7 Å². The standard InChI is InChI=1S/C24H31N7O4S2/c1-4-26-24(33)28-22-20(19-8-7-9-27-21(19)36-22)23(32)30-10-12-31(13-11-30)37(34,35)18-14-17(15-25-16-18)29(5-2)6-3/h7-9,14-16H,4-6,10-13H2,1-3H3,(H2,26,28,33). The highest BCUT2D eigenvalue weighted by molar-refractivity contribution is 7.89. The van der Waals surface area contributed by atoms with Crippen molar-refractivity contribution in [1.29, 1.82) is 0 Å². The smallest absolute Gasteiger partial charge is 0.319 e. The first-order chi connectivity index (χ1) is 17.8. The van der Waals surface area contributed by atoms with Gasteiger partial charge in [0.2, 0.25) is 10.0 Å². The summed E-state index contributed by atoms with van der Waals surface area (Å²) in [6, 6.07) is 4.79. The Morgan fingerprint density at radius 3 is 2.51 bits per heavy atom. The maximum Gasteiger partial charge on any atom is 0.319 e. The van der Waals surface area contributed by atoms with Crippen LogP contribution in [0.15, 0.2) is 41.7 Å². The third-order valence-corrected chi connectivity index (χ3v) is 9.13. The number of nitrogens with zero attached hydrogens (tertiary/aromatic N) is 5. The van der Waals surface area contributed by atoms with Gasteiger partial charge in [0, 0.05) is 63.6 Å². The maximum atomic E-state index is 13.6. The lowest BCUT2D eigenvalue weighted by Gasteiger charge is -2.34. The zero-order valence-electron chi connectivity index (χ0n) is 21.1. The number of nitrogens with one attached hydrogen (secondary N) is 2. The molecule has 1 aliphatic rings. The molecular weight excluding hydrogens is 514 g/mol. The Kier molecular flexibility index (Phi) is 8.25. The SMILES string of the molecule is CCNC(=O)Nc1sc2ncccc2c1C(=O)N1CCN(S(=O)(=O)c2cncc(N(CC)CC)c2)CC1. The Hall–Kier alpha value is -3.29. The molecule has 0 unspecified atom stereocenters. The van der Waals surface area contributed by atoms with Crippen LogP contribution in [0, 0.1) is 0 Å². The topological polar surface area (TPSA) is 128 Å². The summed E-state index contributed by atoms with van der Waals surface area (Å²) in [6.45, 7) is 8.50. The summed E-state index contributed by atoms with van der Waals surface area (Å²) in [7, 11) is -3.77. The average molecular weight is 546 g/mol. The van der Waals surface area contributed by atoms with Crippen molar-refractivity contribution in [3.8, 4) is 0 Å². The summed E-state index contributed by atoms with van der Waals surface area (Å²) in [5, 5.41) is 6.50. The molecule has 3 aromatic rings. The number of hydrogen-bond donors (Lipinski definition) is 2. The van der Waals surface area contributed by atoms with Crippen molar-refractivity contribution in [2.75, 3.05) is 56.0 Å². The Balaban J connectivity index is 1.52. The highest BCUT2D eigenvalue weighted by Crippen LogP contribution is 2.35. The van der Waals surface area contributed by atoms with Gasteiger partial charge in [0.25, 0.3) is 5.91 Å². The number of piperazine rings is 1. The third-order valence-electron chi connectivity index (χ3n) is 6.24. The number of fused-ring (bicyclic) bond motifs is 1. The summed E-state index contributed by atoms with van der Waals surface area (Å²) in [6.07, 6.45) is 4.66. The van der Waals surface area contributed by atoms with E-state index in [0.717, 1.165) is 18.8 Å². The monoisotopic (exact) mass is 545 g/mol. The van der Waals surface area contributed by atoms with Gasteiger partial charge >= 0.3 is 6.03 Å². The number of thiophene rings is 1. The van der Waals surface area contributed by atoms with E-state index in [9.17, 15) is 18.0 Å². The highest BCUT2D eigenvalue weighted by atomic mass is 32.2. The number of urea groups is 1. The lowest BCUT2D eigenvalue weighted by atomic mass is 10.1. The van der Waals surface area contributed by atoms with Crippen molar-refractivity contribution in [3.63, 3.8) is 0 Å². The summed E-state index contributed by atoms with van der Waals surface area (Å²) >= 11 is 1.23. The van der Waals surface area contributed by atoms with E-state index in [-0.39, 0.29) is 37.0 Å². The quantitative estimate of drug-likeness (QED) is 0.446. The zero-order chi connectivity index (χ0) is 26.6. The second-order valence-electron chi connectivity index (χ2n) is 8.39. The number of amides is 3. The van der Waals surface area contributed by atoms with Gasteiger partial charge in [-0.3, -0.25) is 15.1 Å². The van der Waals surface area contributed by atoms with Crippen LogP contribution in [0.5, 0.6) is 0 Å². The summed E-state index contributed by atoms with van der Waals surface area (Å²) in [5.74, 6) is -0.270. The van der Waals surface area contributed by atoms with Crippen molar-refractivity contribution < 1.29 is 18.0 Å². The number of anilines is 2. The minimum atomic E-state index is -3.77. The van der Waals surface area contributed by atoms with Crippen LogP contribution >= 0.6 is 11.3 Å². The predicted molar refractivity (Wildman–Crippen MR) is 145 cm³/mol. The fourth-order valence-corrected chi connectivity index (χ4v) is 6.73. The van der Waals surface area contributed by atoms with Gasteiger partial charge in [-0.05, 0) is 39.0 Å². The van der Waals surface area contributed by atoms with Crippen molar-refractivity contribution in [2.45, 2.75) is 25.7 Å². The van der Waals surface area contributed by atoms with Crippen LogP contribution in [0.2, 0.25) is 0 Å². The zero-order valence-corrected chi connectivity index (χ0v) is 22.7. The van der Waals surface area contributed by atoms with Crippen molar-refractivity contribution in [3.05, 3.63) is 42.4 Å². The van der Waals surface area contributed by atoms with E-state index in [1.54, 1.807) is 35.5 Å². The molecule has 4 rings (SSSR count). The van der Waals surface area contributed by atoms with Gasteiger partial charge in [-0.15, -0.1) is 0 Å². The van der Waals surface area contributed by atoms with Gasteiger partial charge in [-0.1, -0.05) is 11.3 Å². The Bertz CT molecular complexity index is 1380. The minimum absolute atomic E-state index is 0.139. The normalized spacial score (nSPS) is 14.5. The van der Waals surface area contributed by atoms with E-state index in [1.165, 1.54) is 21.8 Å². The fraction of sp³-hybridized carbons (Fsp3) is 0.417. The molecule has 0 aliphatic carbocycles. The molecule has 0 aromatic carbocycles. The molecule has 2 N–H and O–H groups in total. The molecule has 1 fully saturated rings. The number of aromatic nitrogens is 2. The molecule has 37 heavy (non-hydrogen) atoms. The van der Waals surface area contributed by atoms with E-state index in [2.05, 4.69) is 20.6 Å². The number of hydrogen-bond acceptors (Lipinski definition) is 8. The van der Waals surface area contributed by atoms with Crippen LogP contribution in [0.3, 0.4) is 0 Å². The first kappa shape index (κ1) is 26.8. The van der Waals surface area contributed by atoms with Gasteiger partial charge < -0.3 is 15.1 Å². The summed E-state index contributed by atoms with van der Waals surface area (Å²) in [4.78, 5) is 38.7. The second-order valence-corrected chi connectivity index (χ2v) is 11.3. The summed E-state index contributed by atoms with van der Waals surface area (Å²) in [5.41, 5.74) is 1.12. The van der Waals surface area contributed by atoms with Gasteiger partial charge in [-0.25, -0.2) is 18.2 Å². The molecule has 0 radical (unpaired) electrons. The predicted octanol–water partition coefficient (Wildman–Crippen LogP) is 2.83. The Morgan fingerprint density at radius 2 is 1.84 bits per heavy atom. The molecule has 3 aromatic heterocycles. The maximum absolute atomic E-state index is 13.6. The van der Waals surface area contributed by atoms with E-state index < -0.39 is 16.1 Å². The number of sulfonamides is 1. The molecule has 0 bridgehead atoms. The molecular formula is C24H31N7O4S2. The number of carbonyl (C=O) groups is 2. The van der Waals surface area contributed by atoms with Crippen molar-refractivity contribution in [1.82, 2.24) is 24.5 Å². The number of rotatable bonds is 8. The number of pyridine rings is 2. The van der Waals surface area contributed by atoms with E-state index in [0.29, 0.717) is 27.3 Å². The molecule has 1 aliphatic heterocycles. The van der Waals surface area contributed by atoms with Crippen LogP contribution in [0.25, 0.3) is 10.2 Å². The highest BCUT2D eigenvalue weighted by Gasteiger charge is 2.33. The molecule has 11 nitrogen and oxygen atoms in total. The van der Waals surface area contributed by atoms with E-state index >= 15 is 0 Å². The average Bonchev–Trinajstić information content (AvgIpc) is 3.27. The fourth-order valence-electron chi connectivity index (χ4n) is 4.29. The second kappa shape index (κ2) is 11.4. The summed E-state index contributed by atoms with van der Waals surface area (Å²) < 4.78 is 28.1. The van der Waals surface area contributed by atoms with Crippen LogP contribution in [0.1, 0.15) is 31.1 Å². The molecule has 0 saturated carbocycles. The van der Waals surface area contributed by atoms with Crippen LogP contribution in [0.4, 0.5) is 15.5 Å². The molecule has 3 amide bonds. The van der Waals surface area contributed by atoms with Crippen LogP contribution in [-0.2, 0) is 10.0 Å². The largest absolute Gasteiger partial charge is 0.371 e. The van der Waals surface area contributed by atoms with Gasteiger partial charge in [0.15, 0.2) is 0 Å². The first-order valence-corrected chi connectivity index (χ1v) is 14.5. The number of carbonyl (C=O) groups excluding carboxylic acids is 2. The van der Waals surface area contributed by atoms with Crippen LogP contribution in [-0.4, -0.2) is 85.3 Å². The minimum Gasteiger partial charge on any atom is -0.371 e. The molecule has 0 spiro atoms. The Morgan fingerprint density at radius 1 is 1.11 bits per heavy atom. The molecule has 13 heteroatoms.